The normalized spacial score (nSPS) is 10.5. The number of carbonyl (C=O) groups excluding carboxylic acids is 1. The topological polar surface area (TPSA) is 120 Å². The van der Waals surface area contributed by atoms with E-state index < -0.39 is 21.8 Å². The number of benzene rings is 2. The van der Waals surface area contributed by atoms with E-state index in [0.717, 1.165) is 6.20 Å². The molecule has 7 nitrogen and oxygen atoms in total. The third-order valence-corrected chi connectivity index (χ3v) is 4.50. The minimum atomic E-state index is -4.21. The first kappa shape index (κ1) is 21.5. The Morgan fingerprint density at radius 3 is 2.29 bits per heavy atom. The molecular formula is C18H14BrFN2O5S. The molecule has 10 heteroatoms. The number of primary amides is 1. The number of ether oxygens (including phenoxy) is 1. The van der Waals surface area contributed by atoms with Gasteiger partial charge in [0.1, 0.15) is 16.5 Å². The summed E-state index contributed by atoms with van der Waals surface area (Å²) in [6, 6.07) is 15.6. The number of carbonyl (C=O) groups is 1. The van der Waals surface area contributed by atoms with Gasteiger partial charge in [-0.1, -0.05) is 34.1 Å². The summed E-state index contributed by atoms with van der Waals surface area (Å²) in [6.45, 7) is 0. The van der Waals surface area contributed by atoms with Crippen LogP contribution in [-0.2, 0) is 10.1 Å². The number of hydrogen-bond donors (Lipinski definition) is 2. The van der Waals surface area contributed by atoms with E-state index in [9.17, 15) is 17.6 Å². The van der Waals surface area contributed by atoms with Gasteiger partial charge in [0.2, 0.25) is 5.88 Å². The molecule has 0 saturated carbocycles. The summed E-state index contributed by atoms with van der Waals surface area (Å²) in [5.74, 6) is -0.509. The lowest BCUT2D eigenvalue weighted by atomic mass is 10.2. The lowest BCUT2D eigenvalue weighted by Crippen LogP contribution is -2.12. The van der Waals surface area contributed by atoms with Gasteiger partial charge < -0.3 is 10.5 Å². The average molecular weight is 469 g/mol. The zero-order chi connectivity index (χ0) is 20.7. The third kappa shape index (κ3) is 6.41. The van der Waals surface area contributed by atoms with Crippen LogP contribution in [0, 0.1) is 5.82 Å². The molecule has 0 aliphatic carbocycles. The van der Waals surface area contributed by atoms with Crippen LogP contribution in [-0.4, -0.2) is 23.9 Å². The smallest absolute Gasteiger partial charge is 0.296 e. The Balaban J connectivity index is 0.000000221. The Kier molecular flexibility index (Phi) is 7.21. The summed E-state index contributed by atoms with van der Waals surface area (Å²) in [4.78, 5) is 14.0. The molecule has 3 aromatic rings. The number of nitrogens with two attached hydrogens (primary N) is 1. The highest BCUT2D eigenvalue weighted by Gasteiger charge is 2.10. The van der Waals surface area contributed by atoms with Gasteiger partial charge in [-0.15, -0.1) is 0 Å². The first-order valence-corrected chi connectivity index (χ1v) is 9.81. The van der Waals surface area contributed by atoms with Crippen LogP contribution in [0.5, 0.6) is 11.6 Å². The molecule has 0 atom stereocenters. The van der Waals surface area contributed by atoms with Crippen molar-refractivity contribution in [1.29, 1.82) is 0 Å². The van der Waals surface area contributed by atoms with Crippen molar-refractivity contribution >= 4 is 32.0 Å². The number of para-hydroxylation sites is 1. The summed E-state index contributed by atoms with van der Waals surface area (Å²) in [7, 11) is -4.21. The van der Waals surface area contributed by atoms with Crippen molar-refractivity contribution in [2.45, 2.75) is 4.90 Å². The van der Waals surface area contributed by atoms with Gasteiger partial charge >= 0.3 is 0 Å². The largest absolute Gasteiger partial charge is 0.439 e. The lowest BCUT2D eigenvalue weighted by molar-refractivity contribution is 0.0996. The summed E-state index contributed by atoms with van der Waals surface area (Å²) in [6.07, 6.45) is 1.04. The fraction of sp³-hybridized carbons (Fsp3) is 0. The number of rotatable bonds is 4. The van der Waals surface area contributed by atoms with Crippen molar-refractivity contribution < 1.29 is 26.9 Å². The Morgan fingerprint density at radius 1 is 1.11 bits per heavy atom. The van der Waals surface area contributed by atoms with Crippen LogP contribution in [0.15, 0.2) is 76.2 Å². The first-order chi connectivity index (χ1) is 13.2. The van der Waals surface area contributed by atoms with Crippen molar-refractivity contribution in [2.24, 2.45) is 5.73 Å². The van der Waals surface area contributed by atoms with Crippen LogP contribution in [0.3, 0.4) is 0 Å². The number of amides is 1. The van der Waals surface area contributed by atoms with E-state index in [2.05, 4.69) is 20.9 Å². The second-order valence-corrected chi connectivity index (χ2v) is 7.55. The molecule has 0 radical (unpaired) electrons. The fourth-order valence-electron chi connectivity index (χ4n) is 1.88. The fourth-order valence-corrected chi connectivity index (χ4v) is 2.64. The van der Waals surface area contributed by atoms with Gasteiger partial charge in [0, 0.05) is 10.5 Å². The summed E-state index contributed by atoms with van der Waals surface area (Å²) in [5.41, 5.74) is 4.78. The SMILES string of the molecule is NC(=O)c1ccc(Br)cc1F.O=S(=O)(O)c1ccc(Oc2ccccc2)nc1. The lowest BCUT2D eigenvalue weighted by Gasteiger charge is -2.04. The van der Waals surface area contributed by atoms with Crippen LogP contribution in [0.25, 0.3) is 0 Å². The molecule has 3 rings (SSSR count). The Bertz CT molecular complexity index is 1060. The van der Waals surface area contributed by atoms with E-state index in [-0.39, 0.29) is 16.3 Å². The van der Waals surface area contributed by atoms with Crippen molar-refractivity contribution in [2.75, 3.05) is 0 Å². The molecule has 2 aromatic carbocycles. The van der Waals surface area contributed by atoms with Gasteiger partial charge in [-0.2, -0.15) is 8.42 Å². The maximum atomic E-state index is 12.8. The maximum absolute atomic E-state index is 12.8. The van der Waals surface area contributed by atoms with Crippen LogP contribution in [0.1, 0.15) is 10.4 Å². The maximum Gasteiger partial charge on any atom is 0.296 e. The molecule has 146 valence electrons. The zero-order valence-electron chi connectivity index (χ0n) is 14.1. The third-order valence-electron chi connectivity index (χ3n) is 3.17. The second kappa shape index (κ2) is 9.40. The van der Waals surface area contributed by atoms with Crippen molar-refractivity contribution in [3.63, 3.8) is 0 Å². The van der Waals surface area contributed by atoms with Gasteiger partial charge in [-0.05, 0) is 36.4 Å². The molecule has 0 bridgehead atoms. The number of nitrogens with zero attached hydrogens (tertiary/aromatic N) is 1. The van der Waals surface area contributed by atoms with Crippen LogP contribution in [0.2, 0.25) is 0 Å². The standard InChI is InChI=1S/C11H9NO4S.C7H5BrFNO/c13-17(14,15)10-6-7-11(12-8-10)16-9-4-2-1-3-5-9;8-4-1-2-5(7(10)11)6(9)3-4/h1-8H,(H,13,14,15);1-3H,(H2,10,11). The van der Waals surface area contributed by atoms with E-state index in [1.54, 1.807) is 18.2 Å². The zero-order valence-corrected chi connectivity index (χ0v) is 16.5. The van der Waals surface area contributed by atoms with Crippen molar-refractivity contribution in [1.82, 2.24) is 4.98 Å². The van der Waals surface area contributed by atoms with Gasteiger partial charge in [0.05, 0.1) is 11.8 Å². The molecular weight excluding hydrogens is 455 g/mol. The van der Waals surface area contributed by atoms with Crippen LogP contribution >= 0.6 is 15.9 Å². The predicted octanol–water partition coefficient (Wildman–Crippen LogP) is 3.81. The van der Waals surface area contributed by atoms with E-state index in [4.69, 9.17) is 15.0 Å². The quantitative estimate of drug-likeness (QED) is 0.561. The number of halogens is 2. The highest BCUT2D eigenvalue weighted by Crippen LogP contribution is 2.19. The Morgan fingerprint density at radius 2 is 1.79 bits per heavy atom. The Labute approximate surface area is 168 Å². The highest BCUT2D eigenvalue weighted by molar-refractivity contribution is 9.10. The van der Waals surface area contributed by atoms with Gasteiger partial charge in [-0.25, -0.2) is 9.37 Å². The molecule has 1 aromatic heterocycles. The molecule has 28 heavy (non-hydrogen) atoms. The number of aromatic nitrogens is 1. The monoisotopic (exact) mass is 468 g/mol. The highest BCUT2D eigenvalue weighted by atomic mass is 79.9. The van der Waals surface area contributed by atoms with E-state index in [0.29, 0.717) is 10.2 Å². The van der Waals surface area contributed by atoms with Gasteiger partial charge in [0.15, 0.2) is 0 Å². The van der Waals surface area contributed by atoms with Gasteiger partial charge in [-0.3, -0.25) is 9.35 Å². The van der Waals surface area contributed by atoms with Crippen molar-refractivity contribution in [3.05, 3.63) is 82.7 Å². The molecule has 0 spiro atoms. The van der Waals surface area contributed by atoms with Crippen molar-refractivity contribution in [3.8, 4) is 11.6 Å². The predicted molar refractivity (Wildman–Crippen MR) is 103 cm³/mol. The Hall–Kier alpha value is -2.82. The minimum Gasteiger partial charge on any atom is -0.439 e. The average Bonchev–Trinajstić information content (AvgIpc) is 2.62. The summed E-state index contributed by atoms with van der Waals surface area (Å²) < 4.78 is 49.0. The molecule has 1 heterocycles. The summed E-state index contributed by atoms with van der Waals surface area (Å²) >= 11 is 3.05. The molecule has 0 aliphatic rings. The van der Waals surface area contributed by atoms with Crippen LogP contribution in [0.4, 0.5) is 4.39 Å². The number of hydrogen-bond acceptors (Lipinski definition) is 5. The summed E-state index contributed by atoms with van der Waals surface area (Å²) in [5, 5.41) is 0. The minimum absolute atomic E-state index is 0.0896. The second-order valence-electron chi connectivity index (χ2n) is 5.21. The molecule has 0 unspecified atom stereocenters. The van der Waals surface area contributed by atoms with E-state index in [1.807, 2.05) is 18.2 Å². The molecule has 0 fully saturated rings. The molecule has 0 aliphatic heterocycles. The molecule has 1 amide bonds. The first-order valence-electron chi connectivity index (χ1n) is 7.58. The van der Waals surface area contributed by atoms with E-state index in [1.165, 1.54) is 24.3 Å². The number of pyridine rings is 1. The molecule has 3 N–H and O–H groups in total. The molecule has 0 saturated heterocycles. The van der Waals surface area contributed by atoms with E-state index >= 15 is 0 Å². The van der Waals surface area contributed by atoms with Gasteiger partial charge in [0.25, 0.3) is 16.0 Å². The van der Waals surface area contributed by atoms with Crippen LogP contribution < -0.4 is 10.5 Å².